The van der Waals surface area contributed by atoms with Crippen molar-refractivity contribution in [1.29, 1.82) is 0 Å². The Kier molecular flexibility index (Phi) is 2.96. The molecule has 0 saturated carbocycles. The number of anilines is 1. The molecule has 1 N–H and O–H groups in total. The van der Waals surface area contributed by atoms with Crippen molar-refractivity contribution in [3.8, 4) is 0 Å². The number of aromatic nitrogens is 2. The van der Waals surface area contributed by atoms with Gasteiger partial charge in [-0.15, -0.1) is 0 Å². The summed E-state index contributed by atoms with van der Waals surface area (Å²) in [6.45, 7) is 0. The summed E-state index contributed by atoms with van der Waals surface area (Å²) in [5.41, 5.74) is 3.89. The zero-order chi connectivity index (χ0) is 14.1. The van der Waals surface area contributed by atoms with E-state index in [9.17, 15) is 0 Å². The predicted molar refractivity (Wildman–Crippen MR) is 84.2 cm³/mol. The molecule has 1 aliphatic heterocycles. The van der Waals surface area contributed by atoms with Gasteiger partial charge in [0, 0.05) is 18.1 Å². The summed E-state index contributed by atoms with van der Waals surface area (Å²) in [6, 6.07) is 19.9. The van der Waals surface area contributed by atoms with Crippen molar-refractivity contribution in [2.75, 3.05) is 5.32 Å². The van der Waals surface area contributed by atoms with Crippen LogP contribution in [0.3, 0.4) is 0 Å². The molecule has 0 radical (unpaired) electrons. The van der Waals surface area contributed by atoms with E-state index in [0.29, 0.717) is 12.1 Å². The SMILES string of the molecule is c1ccc(C2CC(n3ccnc3)c3ccccc3N2)cc1. The smallest absolute Gasteiger partial charge is 0.0951 e. The predicted octanol–water partition coefficient (Wildman–Crippen LogP) is 4.03. The lowest BCUT2D eigenvalue weighted by atomic mass is 9.89. The first-order valence-corrected chi connectivity index (χ1v) is 7.29. The average molecular weight is 275 g/mol. The quantitative estimate of drug-likeness (QED) is 0.765. The van der Waals surface area contributed by atoms with Crippen molar-refractivity contribution in [1.82, 2.24) is 9.55 Å². The van der Waals surface area contributed by atoms with Gasteiger partial charge in [0.1, 0.15) is 0 Å². The van der Waals surface area contributed by atoms with E-state index in [1.54, 1.807) is 0 Å². The number of benzene rings is 2. The van der Waals surface area contributed by atoms with E-state index in [0.717, 1.165) is 6.42 Å². The van der Waals surface area contributed by atoms with Gasteiger partial charge in [-0.25, -0.2) is 4.98 Å². The summed E-state index contributed by atoms with van der Waals surface area (Å²) in [7, 11) is 0. The molecule has 0 aliphatic carbocycles. The molecule has 0 spiro atoms. The second-order valence-corrected chi connectivity index (χ2v) is 5.46. The first kappa shape index (κ1) is 12.2. The highest BCUT2D eigenvalue weighted by atomic mass is 15.1. The fourth-order valence-corrected chi connectivity index (χ4v) is 3.16. The monoisotopic (exact) mass is 275 g/mol. The molecule has 2 atom stereocenters. The van der Waals surface area contributed by atoms with Crippen LogP contribution in [0.5, 0.6) is 0 Å². The van der Waals surface area contributed by atoms with Crippen molar-refractivity contribution in [2.45, 2.75) is 18.5 Å². The van der Waals surface area contributed by atoms with E-state index in [1.165, 1.54) is 16.8 Å². The molecule has 4 rings (SSSR count). The number of rotatable bonds is 2. The summed E-state index contributed by atoms with van der Waals surface area (Å²) >= 11 is 0. The minimum Gasteiger partial charge on any atom is -0.378 e. The third-order valence-electron chi connectivity index (χ3n) is 4.20. The molecular weight excluding hydrogens is 258 g/mol. The van der Waals surface area contributed by atoms with Crippen LogP contribution in [0.2, 0.25) is 0 Å². The van der Waals surface area contributed by atoms with Gasteiger partial charge in [-0.05, 0) is 23.6 Å². The molecule has 0 amide bonds. The molecular formula is C18H17N3. The molecule has 1 aliphatic rings. The summed E-state index contributed by atoms with van der Waals surface area (Å²) in [5.74, 6) is 0. The highest BCUT2D eigenvalue weighted by molar-refractivity contribution is 5.56. The first-order valence-electron chi connectivity index (χ1n) is 7.29. The number of hydrogen-bond donors (Lipinski definition) is 1. The Balaban J connectivity index is 1.77. The lowest BCUT2D eigenvalue weighted by Crippen LogP contribution is -2.25. The van der Waals surface area contributed by atoms with Crippen LogP contribution < -0.4 is 5.32 Å². The van der Waals surface area contributed by atoms with Crippen LogP contribution >= 0.6 is 0 Å². The highest BCUT2D eigenvalue weighted by Gasteiger charge is 2.27. The van der Waals surface area contributed by atoms with Crippen LogP contribution in [0.4, 0.5) is 5.69 Å². The van der Waals surface area contributed by atoms with E-state index >= 15 is 0 Å². The van der Waals surface area contributed by atoms with E-state index < -0.39 is 0 Å². The zero-order valence-corrected chi connectivity index (χ0v) is 11.7. The van der Waals surface area contributed by atoms with E-state index in [-0.39, 0.29) is 0 Å². The van der Waals surface area contributed by atoms with Gasteiger partial charge in [-0.3, -0.25) is 0 Å². The summed E-state index contributed by atoms with van der Waals surface area (Å²) in [6.07, 6.45) is 6.84. The van der Waals surface area contributed by atoms with Crippen molar-refractivity contribution in [3.05, 3.63) is 84.4 Å². The Bertz CT molecular complexity index is 719. The van der Waals surface area contributed by atoms with Crippen molar-refractivity contribution in [3.63, 3.8) is 0 Å². The van der Waals surface area contributed by atoms with E-state index in [1.807, 2.05) is 12.5 Å². The average Bonchev–Trinajstić information content (AvgIpc) is 3.09. The molecule has 3 heteroatoms. The Morgan fingerprint density at radius 3 is 2.62 bits per heavy atom. The fourth-order valence-electron chi connectivity index (χ4n) is 3.16. The maximum atomic E-state index is 4.21. The van der Waals surface area contributed by atoms with Gasteiger partial charge >= 0.3 is 0 Å². The first-order chi connectivity index (χ1) is 10.4. The molecule has 0 saturated heterocycles. The number of nitrogens with one attached hydrogen (secondary N) is 1. The Morgan fingerprint density at radius 2 is 1.81 bits per heavy atom. The fraction of sp³-hybridized carbons (Fsp3) is 0.167. The van der Waals surface area contributed by atoms with Crippen LogP contribution in [0.25, 0.3) is 0 Å². The molecule has 1 aromatic heterocycles. The molecule has 21 heavy (non-hydrogen) atoms. The topological polar surface area (TPSA) is 29.9 Å². The van der Waals surface area contributed by atoms with E-state index in [4.69, 9.17) is 0 Å². The Morgan fingerprint density at radius 1 is 1.00 bits per heavy atom. The molecule has 104 valence electrons. The number of para-hydroxylation sites is 1. The Hall–Kier alpha value is -2.55. The van der Waals surface area contributed by atoms with Crippen LogP contribution in [-0.2, 0) is 0 Å². The van der Waals surface area contributed by atoms with E-state index in [2.05, 4.69) is 75.7 Å². The molecule has 2 aromatic carbocycles. The maximum absolute atomic E-state index is 4.21. The van der Waals surface area contributed by atoms with Crippen molar-refractivity contribution in [2.24, 2.45) is 0 Å². The van der Waals surface area contributed by atoms with Gasteiger partial charge in [-0.1, -0.05) is 48.5 Å². The molecule has 3 aromatic rings. The molecule has 3 nitrogen and oxygen atoms in total. The van der Waals surface area contributed by atoms with Crippen LogP contribution in [-0.4, -0.2) is 9.55 Å². The lowest BCUT2D eigenvalue weighted by Gasteiger charge is -2.34. The third-order valence-corrected chi connectivity index (χ3v) is 4.20. The van der Waals surface area contributed by atoms with Gasteiger partial charge in [0.2, 0.25) is 0 Å². The molecule has 2 unspecified atom stereocenters. The van der Waals surface area contributed by atoms with Gasteiger partial charge in [0.15, 0.2) is 0 Å². The number of nitrogens with zero attached hydrogens (tertiary/aromatic N) is 2. The second kappa shape index (κ2) is 5.09. The minimum absolute atomic E-state index is 0.327. The largest absolute Gasteiger partial charge is 0.378 e. The minimum atomic E-state index is 0.327. The van der Waals surface area contributed by atoms with Crippen LogP contribution in [0.1, 0.15) is 29.6 Å². The Labute approximate surface area is 124 Å². The van der Waals surface area contributed by atoms with Gasteiger partial charge in [0.25, 0.3) is 0 Å². The van der Waals surface area contributed by atoms with Crippen LogP contribution in [0, 0.1) is 0 Å². The van der Waals surface area contributed by atoms with Crippen molar-refractivity contribution >= 4 is 5.69 Å². The van der Waals surface area contributed by atoms with Crippen LogP contribution in [0.15, 0.2) is 73.3 Å². The van der Waals surface area contributed by atoms with Crippen molar-refractivity contribution < 1.29 is 0 Å². The molecule has 2 heterocycles. The summed E-state index contributed by atoms with van der Waals surface area (Å²) in [5, 5.41) is 3.67. The van der Waals surface area contributed by atoms with Gasteiger partial charge in [-0.2, -0.15) is 0 Å². The normalized spacial score (nSPS) is 20.6. The maximum Gasteiger partial charge on any atom is 0.0951 e. The summed E-state index contributed by atoms with van der Waals surface area (Å²) in [4.78, 5) is 4.21. The second-order valence-electron chi connectivity index (χ2n) is 5.46. The lowest BCUT2D eigenvalue weighted by molar-refractivity contribution is 0.484. The molecule has 0 bridgehead atoms. The van der Waals surface area contributed by atoms with Gasteiger partial charge in [0.05, 0.1) is 18.4 Å². The standard InChI is InChI=1S/C18H17N3/c1-2-6-14(7-3-1)17-12-18(21-11-10-19-13-21)15-8-4-5-9-16(15)20-17/h1-11,13,17-18,20H,12H2. The number of imidazole rings is 1. The number of fused-ring (bicyclic) bond motifs is 1. The third kappa shape index (κ3) is 2.21. The van der Waals surface area contributed by atoms with Gasteiger partial charge < -0.3 is 9.88 Å². The zero-order valence-electron chi connectivity index (χ0n) is 11.7. The highest BCUT2D eigenvalue weighted by Crippen LogP contribution is 2.40. The summed E-state index contributed by atoms with van der Waals surface area (Å²) < 4.78 is 2.20. The molecule has 0 fully saturated rings. The number of hydrogen-bond acceptors (Lipinski definition) is 2.